The van der Waals surface area contributed by atoms with E-state index in [0.29, 0.717) is 19.4 Å². The minimum Gasteiger partial charge on any atom is -0.374 e. The van der Waals surface area contributed by atoms with Gasteiger partial charge in [-0.1, -0.05) is 43.3 Å². The van der Waals surface area contributed by atoms with Crippen molar-refractivity contribution in [1.29, 1.82) is 0 Å². The Bertz CT molecular complexity index is 1900. The number of rotatable bonds is 3. The summed E-state index contributed by atoms with van der Waals surface area (Å²) in [5.41, 5.74) is 4.96. The highest BCUT2D eigenvalue weighted by Gasteiger charge is 2.54. The Hall–Kier alpha value is -3.88. The number of nitrogens with zero attached hydrogens (tertiary/aromatic N) is 3. The first-order valence-corrected chi connectivity index (χ1v) is 13.7. The zero-order valence-corrected chi connectivity index (χ0v) is 22.4. The second-order valence-corrected chi connectivity index (χ2v) is 11.2. The van der Waals surface area contributed by atoms with Crippen LogP contribution in [0.15, 0.2) is 48.5 Å². The van der Waals surface area contributed by atoms with Crippen molar-refractivity contribution in [2.45, 2.75) is 57.3 Å². The standard InChI is InChI=1S/C31H30N4O4/c1-5-22(36)33(3)21-14-23-34-19-12-8-6-10-16(19)25-26-18(15-32-30(26)37)24-17-11-7-9-13-20(17)35(28(24)27(25)34)31(2,39-23)29(21)38-4/h6-13,21,23,29H,5,14-15H2,1-4H3,(H,32,37). The second-order valence-electron chi connectivity index (χ2n) is 11.2. The summed E-state index contributed by atoms with van der Waals surface area (Å²) in [6.07, 6.45) is 0.191. The molecule has 2 aromatic heterocycles. The number of hydrogen-bond acceptors (Lipinski definition) is 4. The van der Waals surface area contributed by atoms with E-state index in [9.17, 15) is 9.59 Å². The first-order valence-electron chi connectivity index (χ1n) is 13.7. The van der Waals surface area contributed by atoms with Crippen LogP contribution in [0.5, 0.6) is 0 Å². The van der Waals surface area contributed by atoms with E-state index in [1.807, 2.05) is 43.1 Å². The molecule has 4 unspecified atom stereocenters. The maximum Gasteiger partial charge on any atom is 0.252 e. The Morgan fingerprint density at radius 3 is 2.51 bits per heavy atom. The Morgan fingerprint density at radius 2 is 1.79 bits per heavy atom. The van der Waals surface area contributed by atoms with Gasteiger partial charge in [0, 0.05) is 55.1 Å². The van der Waals surface area contributed by atoms with Gasteiger partial charge in [-0.05, 0) is 24.6 Å². The van der Waals surface area contributed by atoms with Crippen molar-refractivity contribution in [2.75, 3.05) is 14.2 Å². The molecule has 1 N–H and O–H groups in total. The molecule has 0 saturated carbocycles. The van der Waals surface area contributed by atoms with Gasteiger partial charge in [0.2, 0.25) is 5.91 Å². The summed E-state index contributed by atoms with van der Waals surface area (Å²) >= 11 is 0. The molecular weight excluding hydrogens is 492 g/mol. The van der Waals surface area contributed by atoms with Crippen LogP contribution in [-0.2, 0) is 26.5 Å². The summed E-state index contributed by atoms with van der Waals surface area (Å²) in [6, 6.07) is 16.4. The van der Waals surface area contributed by atoms with Crippen molar-refractivity contribution in [3.05, 3.63) is 59.7 Å². The van der Waals surface area contributed by atoms with Crippen LogP contribution >= 0.6 is 0 Å². The van der Waals surface area contributed by atoms with E-state index in [-0.39, 0.29) is 24.1 Å². The quantitative estimate of drug-likeness (QED) is 0.362. The summed E-state index contributed by atoms with van der Waals surface area (Å²) in [6.45, 7) is 4.47. The van der Waals surface area contributed by atoms with E-state index in [1.165, 1.54) is 0 Å². The van der Waals surface area contributed by atoms with E-state index in [4.69, 9.17) is 9.47 Å². The maximum absolute atomic E-state index is 13.4. The molecule has 3 aromatic carbocycles. The predicted molar refractivity (Wildman–Crippen MR) is 150 cm³/mol. The lowest BCUT2D eigenvalue weighted by Gasteiger charge is -2.50. The smallest absolute Gasteiger partial charge is 0.252 e. The molecule has 0 spiro atoms. The highest BCUT2D eigenvalue weighted by molar-refractivity contribution is 6.31. The average molecular weight is 523 g/mol. The number of benzene rings is 3. The number of hydrogen-bond donors (Lipinski definition) is 1. The number of nitrogens with one attached hydrogen (secondary N) is 1. The molecule has 8 nitrogen and oxygen atoms in total. The Labute approximate surface area is 225 Å². The predicted octanol–water partition coefficient (Wildman–Crippen LogP) is 5.00. The van der Waals surface area contributed by atoms with Gasteiger partial charge in [0.1, 0.15) is 12.3 Å². The number of carbonyl (C=O) groups excluding carboxylic acids is 2. The van der Waals surface area contributed by atoms with Crippen molar-refractivity contribution in [3.63, 3.8) is 0 Å². The third-order valence-electron chi connectivity index (χ3n) is 9.39. The average Bonchev–Trinajstić information content (AvgIpc) is 3.59. The van der Waals surface area contributed by atoms with Crippen molar-refractivity contribution >= 4 is 55.4 Å². The number of carbonyl (C=O) groups is 2. The molecule has 39 heavy (non-hydrogen) atoms. The van der Waals surface area contributed by atoms with E-state index in [2.05, 4.69) is 45.6 Å². The van der Waals surface area contributed by atoms with Crippen molar-refractivity contribution in [1.82, 2.24) is 19.4 Å². The third-order valence-corrected chi connectivity index (χ3v) is 9.39. The molecular formula is C31H30N4O4. The van der Waals surface area contributed by atoms with Crippen LogP contribution in [0, 0.1) is 0 Å². The van der Waals surface area contributed by atoms with Gasteiger partial charge >= 0.3 is 0 Å². The van der Waals surface area contributed by atoms with Crippen LogP contribution in [0.1, 0.15) is 48.8 Å². The summed E-state index contributed by atoms with van der Waals surface area (Å²) in [7, 11) is 3.59. The normalized spacial score (nSPS) is 25.5. The Balaban J connectivity index is 1.62. The highest BCUT2D eigenvalue weighted by Crippen LogP contribution is 2.54. The van der Waals surface area contributed by atoms with Gasteiger partial charge in [-0.2, -0.15) is 0 Å². The molecule has 5 heterocycles. The van der Waals surface area contributed by atoms with Gasteiger partial charge in [-0.25, -0.2) is 0 Å². The molecule has 198 valence electrons. The maximum atomic E-state index is 13.4. The second kappa shape index (κ2) is 7.61. The van der Waals surface area contributed by atoms with Crippen LogP contribution in [0.3, 0.4) is 0 Å². The van der Waals surface area contributed by atoms with Gasteiger partial charge < -0.3 is 28.8 Å². The molecule has 8 heteroatoms. The fraction of sp³-hybridized carbons (Fsp3) is 0.355. The number of ether oxygens (including phenoxy) is 2. The lowest BCUT2D eigenvalue weighted by Crippen LogP contribution is -2.61. The fourth-order valence-electron chi connectivity index (χ4n) is 7.83. The number of methoxy groups -OCH3 is 1. The van der Waals surface area contributed by atoms with E-state index in [1.54, 1.807) is 7.11 Å². The SMILES string of the molecule is CCC(=O)N(C)C1CC2OC(C)(C1OC)n1c3ccccc3c3c4c(c5c6ccccc6n2c5c31)C(=O)NC4. The number of amides is 2. The molecule has 2 amide bonds. The molecule has 4 atom stereocenters. The fourth-order valence-corrected chi connectivity index (χ4v) is 7.83. The van der Waals surface area contributed by atoms with Gasteiger partial charge in [-0.15, -0.1) is 0 Å². The van der Waals surface area contributed by atoms with Crippen molar-refractivity contribution in [3.8, 4) is 0 Å². The van der Waals surface area contributed by atoms with Crippen molar-refractivity contribution < 1.29 is 19.1 Å². The van der Waals surface area contributed by atoms with Gasteiger partial charge in [0.25, 0.3) is 5.91 Å². The molecule has 3 aliphatic heterocycles. The summed E-state index contributed by atoms with van der Waals surface area (Å²) in [5, 5.41) is 7.28. The van der Waals surface area contributed by atoms with E-state index >= 15 is 0 Å². The number of para-hydroxylation sites is 2. The zero-order chi connectivity index (χ0) is 26.8. The largest absolute Gasteiger partial charge is 0.374 e. The van der Waals surface area contributed by atoms with Gasteiger partial charge in [0.15, 0.2) is 5.72 Å². The number of likely N-dealkylation sites (N-methyl/N-ethyl adjacent to an activating group) is 1. The number of aromatic nitrogens is 2. The molecule has 0 radical (unpaired) electrons. The molecule has 1 fully saturated rings. The lowest BCUT2D eigenvalue weighted by molar-refractivity contribution is -0.266. The van der Waals surface area contributed by atoms with Crippen LogP contribution < -0.4 is 5.32 Å². The van der Waals surface area contributed by atoms with Crippen LogP contribution in [0.25, 0.3) is 43.6 Å². The molecule has 8 rings (SSSR count). The summed E-state index contributed by atoms with van der Waals surface area (Å²) in [5.74, 6) is 0.0365. The molecule has 0 aliphatic carbocycles. The molecule has 5 aromatic rings. The highest BCUT2D eigenvalue weighted by atomic mass is 16.6. The summed E-state index contributed by atoms with van der Waals surface area (Å²) < 4.78 is 18.0. The van der Waals surface area contributed by atoms with E-state index < -0.39 is 11.8 Å². The van der Waals surface area contributed by atoms with Crippen LogP contribution in [0.4, 0.5) is 0 Å². The third kappa shape index (κ3) is 2.61. The van der Waals surface area contributed by atoms with Gasteiger partial charge in [0.05, 0.1) is 33.7 Å². The topological polar surface area (TPSA) is 77.7 Å². The molecule has 3 aliphatic rings. The minimum absolute atomic E-state index is 0.0353. The molecule has 1 saturated heterocycles. The number of fused-ring (bicyclic) bond motifs is 13. The first-order chi connectivity index (χ1) is 18.9. The Kier molecular flexibility index (Phi) is 4.50. The van der Waals surface area contributed by atoms with Gasteiger partial charge in [-0.3, -0.25) is 9.59 Å². The van der Waals surface area contributed by atoms with E-state index in [0.717, 1.165) is 54.7 Å². The van der Waals surface area contributed by atoms with Crippen LogP contribution in [0.2, 0.25) is 0 Å². The first kappa shape index (κ1) is 23.0. The molecule has 2 bridgehead atoms. The zero-order valence-electron chi connectivity index (χ0n) is 22.4. The Morgan fingerprint density at radius 1 is 1.10 bits per heavy atom. The minimum atomic E-state index is -0.927. The monoisotopic (exact) mass is 522 g/mol. The lowest BCUT2D eigenvalue weighted by atomic mass is 9.91. The summed E-state index contributed by atoms with van der Waals surface area (Å²) in [4.78, 5) is 28.3. The van der Waals surface area contributed by atoms with Crippen molar-refractivity contribution in [2.24, 2.45) is 0 Å². The van der Waals surface area contributed by atoms with Crippen LogP contribution in [-0.4, -0.2) is 52.2 Å².